The lowest BCUT2D eigenvalue weighted by Crippen LogP contribution is -2.47. The molecular weight excluding hydrogens is 330 g/mol. The van der Waals surface area contributed by atoms with Gasteiger partial charge in [0.1, 0.15) is 12.1 Å². The van der Waals surface area contributed by atoms with Gasteiger partial charge in [0.15, 0.2) is 5.65 Å². The van der Waals surface area contributed by atoms with Crippen LogP contribution in [0.1, 0.15) is 19.3 Å². The Morgan fingerprint density at radius 2 is 2.29 bits per heavy atom. The minimum Gasteiger partial charge on any atom is -0.354 e. The van der Waals surface area contributed by atoms with Crippen LogP contribution in [0.4, 0.5) is 5.82 Å². The Bertz CT molecular complexity index is 871. The molecule has 10 heteroatoms. The standard InChI is InChI=1S/C14H19N7O2S/c1-24(22,23)19-11-4-2-6-20(9-11)13-12-8-18-21(7-3-5-15)14(12)17-10-16-13/h8,10-11,19H,2-4,6-7,9H2,1H3/t11-/m1/s1. The Morgan fingerprint density at radius 3 is 3.04 bits per heavy atom. The molecule has 1 atom stereocenters. The van der Waals surface area contributed by atoms with E-state index >= 15 is 0 Å². The normalized spacial score (nSPS) is 18.7. The van der Waals surface area contributed by atoms with Crippen LogP contribution in [0.5, 0.6) is 0 Å². The third-order valence-corrected chi connectivity index (χ3v) is 4.71. The quantitative estimate of drug-likeness (QED) is 0.822. The summed E-state index contributed by atoms with van der Waals surface area (Å²) in [6, 6.07) is 1.96. The van der Waals surface area contributed by atoms with Crippen molar-refractivity contribution in [1.82, 2.24) is 24.5 Å². The molecule has 9 nitrogen and oxygen atoms in total. The Hall–Kier alpha value is -2.25. The number of nitrogens with one attached hydrogen (secondary N) is 1. The van der Waals surface area contributed by atoms with Gasteiger partial charge in [-0.25, -0.2) is 27.8 Å². The lowest BCUT2D eigenvalue weighted by molar-refractivity contribution is 0.466. The highest BCUT2D eigenvalue weighted by molar-refractivity contribution is 7.88. The third kappa shape index (κ3) is 3.63. The van der Waals surface area contributed by atoms with Crippen molar-refractivity contribution in [2.45, 2.75) is 31.8 Å². The van der Waals surface area contributed by atoms with Crippen molar-refractivity contribution in [3.05, 3.63) is 12.5 Å². The zero-order valence-electron chi connectivity index (χ0n) is 13.4. The molecule has 0 unspecified atom stereocenters. The van der Waals surface area contributed by atoms with E-state index in [1.807, 2.05) is 0 Å². The minimum atomic E-state index is -3.23. The van der Waals surface area contributed by atoms with Crippen molar-refractivity contribution in [2.24, 2.45) is 0 Å². The van der Waals surface area contributed by atoms with E-state index in [4.69, 9.17) is 5.26 Å². The zero-order chi connectivity index (χ0) is 17.2. The molecule has 0 saturated carbocycles. The van der Waals surface area contributed by atoms with Gasteiger partial charge in [-0.15, -0.1) is 0 Å². The van der Waals surface area contributed by atoms with Crippen LogP contribution in [-0.2, 0) is 16.6 Å². The summed E-state index contributed by atoms with van der Waals surface area (Å²) in [7, 11) is -3.23. The summed E-state index contributed by atoms with van der Waals surface area (Å²) in [5.41, 5.74) is 0.688. The average molecular weight is 349 g/mol. The van der Waals surface area contributed by atoms with Crippen LogP contribution in [0.2, 0.25) is 0 Å². The molecule has 1 N–H and O–H groups in total. The molecule has 0 amide bonds. The predicted molar refractivity (Wildman–Crippen MR) is 88.8 cm³/mol. The van der Waals surface area contributed by atoms with E-state index in [-0.39, 0.29) is 6.04 Å². The number of nitrogens with zero attached hydrogens (tertiary/aromatic N) is 6. The molecule has 0 bridgehead atoms. The molecule has 1 aliphatic rings. The molecule has 1 aliphatic heterocycles. The van der Waals surface area contributed by atoms with Crippen molar-refractivity contribution >= 4 is 26.9 Å². The van der Waals surface area contributed by atoms with Gasteiger partial charge < -0.3 is 4.90 Å². The number of aromatic nitrogens is 4. The Labute approximate surface area is 140 Å². The van der Waals surface area contributed by atoms with E-state index < -0.39 is 10.0 Å². The van der Waals surface area contributed by atoms with Crippen molar-refractivity contribution < 1.29 is 8.42 Å². The smallest absolute Gasteiger partial charge is 0.209 e. The number of nitriles is 1. The van der Waals surface area contributed by atoms with Crippen molar-refractivity contribution in [3.63, 3.8) is 0 Å². The molecule has 0 spiro atoms. The van der Waals surface area contributed by atoms with Gasteiger partial charge in [0, 0.05) is 19.1 Å². The monoisotopic (exact) mass is 349 g/mol. The summed E-state index contributed by atoms with van der Waals surface area (Å²) in [6.07, 6.45) is 6.40. The summed E-state index contributed by atoms with van der Waals surface area (Å²) >= 11 is 0. The Balaban J connectivity index is 1.86. The number of hydrogen-bond donors (Lipinski definition) is 1. The van der Waals surface area contributed by atoms with Crippen LogP contribution in [0.25, 0.3) is 11.0 Å². The minimum absolute atomic E-state index is 0.132. The van der Waals surface area contributed by atoms with Gasteiger partial charge >= 0.3 is 0 Å². The van der Waals surface area contributed by atoms with Crippen LogP contribution in [0, 0.1) is 11.3 Å². The number of hydrogen-bond acceptors (Lipinski definition) is 7. The van der Waals surface area contributed by atoms with Crippen LogP contribution in [0.15, 0.2) is 12.5 Å². The lowest BCUT2D eigenvalue weighted by Gasteiger charge is -2.33. The zero-order valence-corrected chi connectivity index (χ0v) is 14.2. The topological polar surface area (TPSA) is 117 Å². The second-order valence-corrected chi connectivity index (χ2v) is 7.67. The highest BCUT2D eigenvalue weighted by atomic mass is 32.2. The molecule has 0 aliphatic carbocycles. The van der Waals surface area contributed by atoms with E-state index in [0.717, 1.165) is 30.6 Å². The van der Waals surface area contributed by atoms with Gasteiger partial charge in [-0.3, -0.25) is 0 Å². The first kappa shape index (κ1) is 16.6. The van der Waals surface area contributed by atoms with Crippen LogP contribution >= 0.6 is 0 Å². The first-order chi connectivity index (χ1) is 11.5. The lowest BCUT2D eigenvalue weighted by atomic mass is 10.1. The van der Waals surface area contributed by atoms with E-state index in [1.54, 1.807) is 10.9 Å². The average Bonchev–Trinajstić information content (AvgIpc) is 2.94. The van der Waals surface area contributed by atoms with Crippen molar-refractivity contribution in [1.29, 1.82) is 5.26 Å². The molecule has 0 aromatic carbocycles. The fourth-order valence-electron chi connectivity index (χ4n) is 3.02. The summed E-state index contributed by atoms with van der Waals surface area (Å²) in [5.74, 6) is 0.753. The van der Waals surface area contributed by atoms with Crippen molar-refractivity contribution in [2.75, 3.05) is 24.2 Å². The SMILES string of the molecule is CS(=O)(=O)N[C@@H]1CCCN(c2ncnc3c2cnn3CCC#N)C1. The third-order valence-electron chi connectivity index (χ3n) is 3.95. The summed E-state index contributed by atoms with van der Waals surface area (Å²) in [5, 5.41) is 13.8. The maximum absolute atomic E-state index is 11.5. The number of anilines is 1. The van der Waals surface area contributed by atoms with Crippen LogP contribution < -0.4 is 9.62 Å². The summed E-state index contributed by atoms with van der Waals surface area (Å²) in [4.78, 5) is 10.7. The molecule has 0 radical (unpaired) electrons. The number of sulfonamides is 1. The van der Waals surface area contributed by atoms with Gasteiger partial charge in [0.25, 0.3) is 0 Å². The van der Waals surface area contributed by atoms with Crippen LogP contribution in [-0.4, -0.2) is 53.6 Å². The second-order valence-electron chi connectivity index (χ2n) is 5.89. The number of fused-ring (bicyclic) bond motifs is 1. The maximum atomic E-state index is 11.5. The fraction of sp³-hybridized carbons (Fsp3) is 0.571. The number of aryl methyl sites for hydroxylation is 1. The molecule has 3 rings (SSSR count). The highest BCUT2D eigenvalue weighted by Crippen LogP contribution is 2.25. The first-order valence-electron chi connectivity index (χ1n) is 7.73. The largest absolute Gasteiger partial charge is 0.354 e. The second kappa shape index (κ2) is 6.70. The number of piperidine rings is 1. The van der Waals surface area contributed by atoms with Gasteiger partial charge in [-0.1, -0.05) is 0 Å². The van der Waals surface area contributed by atoms with Crippen molar-refractivity contribution in [3.8, 4) is 6.07 Å². The molecule has 1 fully saturated rings. The van der Waals surface area contributed by atoms with Gasteiger partial charge in [0.2, 0.25) is 10.0 Å². The maximum Gasteiger partial charge on any atom is 0.209 e. The Morgan fingerprint density at radius 1 is 1.46 bits per heavy atom. The summed E-state index contributed by atoms with van der Waals surface area (Å²) in [6.45, 7) is 1.84. The van der Waals surface area contributed by atoms with Gasteiger partial charge in [-0.2, -0.15) is 10.4 Å². The molecular formula is C14H19N7O2S. The molecule has 3 heterocycles. The van der Waals surface area contributed by atoms with E-state index in [1.165, 1.54) is 12.6 Å². The molecule has 24 heavy (non-hydrogen) atoms. The first-order valence-corrected chi connectivity index (χ1v) is 9.63. The van der Waals surface area contributed by atoms with Gasteiger partial charge in [-0.05, 0) is 12.8 Å². The molecule has 2 aromatic rings. The Kier molecular flexibility index (Phi) is 4.64. The fourth-order valence-corrected chi connectivity index (χ4v) is 3.82. The van der Waals surface area contributed by atoms with Crippen LogP contribution in [0.3, 0.4) is 0 Å². The molecule has 128 valence electrons. The predicted octanol–water partition coefficient (Wildman–Crippen LogP) is 0.258. The summed E-state index contributed by atoms with van der Waals surface area (Å²) < 4.78 is 27.3. The van der Waals surface area contributed by atoms with E-state index in [2.05, 4.69) is 30.8 Å². The van der Waals surface area contributed by atoms with E-state index in [9.17, 15) is 8.42 Å². The van der Waals surface area contributed by atoms with Gasteiger partial charge in [0.05, 0.1) is 36.9 Å². The van der Waals surface area contributed by atoms with E-state index in [0.29, 0.717) is 25.2 Å². The number of rotatable bonds is 5. The highest BCUT2D eigenvalue weighted by Gasteiger charge is 2.25. The molecule has 1 saturated heterocycles. The molecule has 2 aromatic heterocycles.